The van der Waals surface area contributed by atoms with Crippen LogP contribution in [-0.2, 0) is 24.0 Å². The van der Waals surface area contributed by atoms with E-state index in [1.165, 1.54) is 11.8 Å². The van der Waals surface area contributed by atoms with Gasteiger partial charge in [0.2, 0.25) is 23.6 Å². The Morgan fingerprint density at radius 2 is 1.67 bits per heavy atom. The number of thioether (sulfide) groups is 1. The third-order valence-electron chi connectivity index (χ3n) is 4.01. The molecule has 0 fully saturated rings. The van der Waals surface area contributed by atoms with Gasteiger partial charge in [-0.15, -0.1) is 0 Å². The SMILES string of the molecule is CSCCC(N)C(=O)NCC(=O)NC(CCCCN)C(=O)NC(CC(N)=O)C(=O)O. The second-order valence-electron chi connectivity index (χ2n) is 6.58. The van der Waals surface area contributed by atoms with Gasteiger partial charge in [-0.05, 0) is 44.2 Å². The predicted molar refractivity (Wildman–Crippen MR) is 112 cm³/mol. The van der Waals surface area contributed by atoms with Crippen LogP contribution < -0.4 is 33.2 Å². The lowest BCUT2D eigenvalue weighted by Gasteiger charge is -2.21. The summed E-state index contributed by atoms with van der Waals surface area (Å²) in [5.74, 6) is -3.55. The highest BCUT2D eigenvalue weighted by Crippen LogP contribution is 2.03. The highest BCUT2D eigenvalue weighted by molar-refractivity contribution is 7.98. The van der Waals surface area contributed by atoms with Gasteiger partial charge < -0.3 is 38.3 Å². The van der Waals surface area contributed by atoms with Crippen LogP contribution in [0.1, 0.15) is 32.1 Å². The van der Waals surface area contributed by atoms with Gasteiger partial charge in [0.05, 0.1) is 19.0 Å². The first-order valence-electron chi connectivity index (χ1n) is 9.45. The summed E-state index contributed by atoms with van der Waals surface area (Å²) in [7, 11) is 0. The minimum atomic E-state index is -1.52. The van der Waals surface area contributed by atoms with Crippen molar-refractivity contribution in [1.29, 1.82) is 0 Å². The van der Waals surface area contributed by atoms with Crippen LogP contribution >= 0.6 is 11.8 Å². The van der Waals surface area contributed by atoms with Crippen molar-refractivity contribution in [3.8, 4) is 0 Å². The molecule has 3 atom stereocenters. The molecule has 0 aromatic heterocycles. The molecule has 0 rings (SSSR count). The van der Waals surface area contributed by atoms with Crippen LogP contribution in [0.5, 0.6) is 0 Å². The van der Waals surface area contributed by atoms with Crippen molar-refractivity contribution in [2.45, 2.75) is 50.2 Å². The molecule has 0 saturated heterocycles. The van der Waals surface area contributed by atoms with Crippen LogP contribution in [0.3, 0.4) is 0 Å². The molecule has 0 saturated carbocycles. The van der Waals surface area contributed by atoms with Gasteiger partial charge in [-0.2, -0.15) is 11.8 Å². The third-order valence-corrected chi connectivity index (χ3v) is 4.66. The molecular formula is C17H32N6O6S. The summed E-state index contributed by atoms with van der Waals surface area (Å²) in [6, 6.07) is -3.34. The first-order chi connectivity index (χ1) is 14.1. The fraction of sp³-hybridized carbons (Fsp3) is 0.706. The number of carbonyl (C=O) groups excluding carboxylic acids is 4. The van der Waals surface area contributed by atoms with Gasteiger partial charge in [0.25, 0.3) is 0 Å². The van der Waals surface area contributed by atoms with Gasteiger partial charge in [-0.25, -0.2) is 4.79 Å². The maximum Gasteiger partial charge on any atom is 0.326 e. The van der Waals surface area contributed by atoms with E-state index in [0.29, 0.717) is 31.6 Å². The molecule has 30 heavy (non-hydrogen) atoms. The minimum absolute atomic E-state index is 0.193. The normalized spacial score (nSPS) is 13.6. The number of nitrogens with two attached hydrogens (primary N) is 3. The molecule has 0 aromatic rings. The maximum atomic E-state index is 12.5. The lowest BCUT2D eigenvalue weighted by atomic mass is 10.1. The molecule has 13 heteroatoms. The average Bonchev–Trinajstić information content (AvgIpc) is 2.68. The predicted octanol–water partition coefficient (Wildman–Crippen LogP) is -2.76. The van der Waals surface area contributed by atoms with Crippen LogP contribution in [0.25, 0.3) is 0 Å². The van der Waals surface area contributed by atoms with E-state index < -0.39 is 60.7 Å². The highest BCUT2D eigenvalue weighted by Gasteiger charge is 2.27. The highest BCUT2D eigenvalue weighted by atomic mass is 32.2. The lowest BCUT2D eigenvalue weighted by molar-refractivity contribution is -0.143. The van der Waals surface area contributed by atoms with E-state index in [9.17, 15) is 24.0 Å². The van der Waals surface area contributed by atoms with Crippen molar-refractivity contribution < 1.29 is 29.1 Å². The number of carboxylic acids is 1. The van der Waals surface area contributed by atoms with Gasteiger partial charge in [0.15, 0.2) is 0 Å². The Kier molecular flexibility index (Phi) is 14.2. The average molecular weight is 449 g/mol. The summed E-state index contributed by atoms with van der Waals surface area (Å²) < 4.78 is 0. The molecule has 10 N–H and O–H groups in total. The molecule has 3 unspecified atom stereocenters. The van der Waals surface area contributed by atoms with Crippen LogP contribution in [-0.4, -0.2) is 77.9 Å². The Hall–Kier alpha value is -2.38. The molecule has 0 radical (unpaired) electrons. The molecule has 0 aliphatic rings. The zero-order valence-electron chi connectivity index (χ0n) is 17.0. The van der Waals surface area contributed by atoms with E-state index in [1.54, 1.807) is 0 Å². The molecule has 0 spiro atoms. The summed E-state index contributed by atoms with van der Waals surface area (Å²) in [5.41, 5.74) is 16.1. The third kappa shape index (κ3) is 12.2. The zero-order chi connectivity index (χ0) is 23.1. The van der Waals surface area contributed by atoms with Crippen molar-refractivity contribution in [3.63, 3.8) is 0 Å². The Morgan fingerprint density at radius 1 is 1.00 bits per heavy atom. The molecule has 0 aliphatic carbocycles. The monoisotopic (exact) mass is 448 g/mol. The summed E-state index contributed by atoms with van der Waals surface area (Å²) in [6.07, 6.45) is 3.02. The molecule has 12 nitrogen and oxygen atoms in total. The largest absolute Gasteiger partial charge is 0.480 e. The fourth-order valence-electron chi connectivity index (χ4n) is 2.35. The molecule has 0 aromatic carbocycles. The number of hydrogen-bond acceptors (Lipinski definition) is 8. The van der Waals surface area contributed by atoms with Gasteiger partial charge in [-0.1, -0.05) is 0 Å². The van der Waals surface area contributed by atoms with Crippen LogP contribution in [0.15, 0.2) is 0 Å². The van der Waals surface area contributed by atoms with E-state index in [1.807, 2.05) is 6.26 Å². The van der Waals surface area contributed by atoms with Crippen molar-refractivity contribution in [2.24, 2.45) is 17.2 Å². The van der Waals surface area contributed by atoms with Gasteiger partial charge >= 0.3 is 5.97 Å². The fourth-order valence-corrected chi connectivity index (χ4v) is 2.84. The van der Waals surface area contributed by atoms with E-state index in [0.717, 1.165) is 0 Å². The molecule has 0 bridgehead atoms. The Bertz CT molecular complexity index is 605. The number of carbonyl (C=O) groups is 5. The Balaban J connectivity index is 4.88. The van der Waals surface area contributed by atoms with Crippen LogP contribution in [0, 0.1) is 0 Å². The van der Waals surface area contributed by atoms with E-state index in [-0.39, 0.29) is 6.42 Å². The lowest BCUT2D eigenvalue weighted by Crippen LogP contribution is -2.54. The summed E-state index contributed by atoms with van der Waals surface area (Å²) in [6.45, 7) is -0.0121. The van der Waals surface area contributed by atoms with Crippen molar-refractivity contribution in [3.05, 3.63) is 0 Å². The Morgan fingerprint density at radius 3 is 2.20 bits per heavy atom. The van der Waals surface area contributed by atoms with Gasteiger partial charge in [-0.3, -0.25) is 19.2 Å². The molecule has 4 amide bonds. The van der Waals surface area contributed by atoms with Gasteiger partial charge in [0, 0.05) is 0 Å². The number of hydrogen-bond donors (Lipinski definition) is 7. The van der Waals surface area contributed by atoms with E-state index >= 15 is 0 Å². The number of amides is 4. The number of carboxylic acid groups (broad SMARTS) is 1. The first kappa shape index (κ1) is 27.6. The number of primary amides is 1. The molecule has 0 aliphatic heterocycles. The minimum Gasteiger partial charge on any atom is -0.480 e. The van der Waals surface area contributed by atoms with Crippen LogP contribution in [0.2, 0.25) is 0 Å². The van der Waals surface area contributed by atoms with Gasteiger partial charge in [0.1, 0.15) is 12.1 Å². The second kappa shape index (κ2) is 15.5. The topological polar surface area (TPSA) is 220 Å². The number of rotatable bonds is 16. The Labute approximate surface area is 179 Å². The van der Waals surface area contributed by atoms with Crippen molar-refractivity contribution >= 4 is 41.4 Å². The summed E-state index contributed by atoms with van der Waals surface area (Å²) in [5, 5.41) is 16.2. The zero-order valence-corrected chi connectivity index (χ0v) is 17.8. The molecule has 172 valence electrons. The maximum absolute atomic E-state index is 12.5. The second-order valence-corrected chi connectivity index (χ2v) is 7.57. The number of aliphatic carboxylic acids is 1. The summed E-state index contributed by atoms with van der Waals surface area (Å²) >= 11 is 1.54. The van der Waals surface area contributed by atoms with Crippen molar-refractivity contribution in [1.82, 2.24) is 16.0 Å². The van der Waals surface area contributed by atoms with Crippen LogP contribution in [0.4, 0.5) is 0 Å². The standard InChI is InChI=1S/C17H32N6O6S/c1-30-7-5-10(19)15(26)21-9-14(25)22-11(4-2-3-6-18)16(27)23-12(17(28)29)8-13(20)24/h10-12H,2-9,18-19H2,1H3,(H2,20,24)(H,21,26)(H,22,25)(H,23,27)(H,28,29). The molecule has 0 heterocycles. The van der Waals surface area contributed by atoms with Crippen molar-refractivity contribution in [2.75, 3.05) is 25.1 Å². The number of nitrogens with one attached hydrogen (secondary N) is 3. The number of unbranched alkanes of at least 4 members (excludes halogenated alkanes) is 1. The van der Waals surface area contributed by atoms with E-state index in [2.05, 4.69) is 16.0 Å². The van der Waals surface area contributed by atoms with E-state index in [4.69, 9.17) is 22.3 Å². The quantitative estimate of drug-likeness (QED) is 0.121. The summed E-state index contributed by atoms with van der Waals surface area (Å²) in [4.78, 5) is 58.7. The molecular weight excluding hydrogens is 416 g/mol. The smallest absolute Gasteiger partial charge is 0.326 e. The first-order valence-corrected chi connectivity index (χ1v) is 10.8.